The number of fused-ring (bicyclic) bond motifs is 2. The van der Waals surface area contributed by atoms with Crippen molar-refractivity contribution in [3.8, 4) is 11.5 Å². The summed E-state index contributed by atoms with van der Waals surface area (Å²) < 4.78 is 18.8. The predicted octanol–water partition coefficient (Wildman–Crippen LogP) is 0.0960. The van der Waals surface area contributed by atoms with Gasteiger partial charge in [0.25, 0.3) is 0 Å². The Kier molecular flexibility index (Phi) is 5.94. The predicted molar refractivity (Wildman–Crippen MR) is 116 cm³/mol. The zero-order valence-electron chi connectivity index (χ0n) is 18.2. The van der Waals surface area contributed by atoms with Crippen molar-refractivity contribution in [3.05, 3.63) is 47.0 Å². The normalized spacial score (nSPS) is 26.9. The van der Waals surface area contributed by atoms with Crippen LogP contribution in [0.4, 0.5) is 0 Å². The molecule has 0 saturated carbocycles. The van der Waals surface area contributed by atoms with E-state index in [0.29, 0.717) is 29.9 Å². The number of aliphatic hydroxyl groups excluding tert-OH is 4. The van der Waals surface area contributed by atoms with Gasteiger partial charge in [-0.15, -0.1) is 5.10 Å². The molecule has 2 aliphatic heterocycles. The van der Waals surface area contributed by atoms with E-state index in [-0.39, 0.29) is 0 Å². The Hall–Kier alpha value is -2.76. The molecule has 2 aromatic carbocycles. The summed E-state index contributed by atoms with van der Waals surface area (Å²) in [6, 6.07) is 9.84. The maximum Gasteiger partial charge on any atom is 0.229 e. The lowest BCUT2D eigenvalue weighted by atomic mass is 9.99. The van der Waals surface area contributed by atoms with Crippen molar-refractivity contribution in [2.24, 2.45) is 0 Å². The van der Waals surface area contributed by atoms with Gasteiger partial charge in [-0.25, -0.2) is 4.68 Å². The number of hydrogen-bond acceptors (Lipinski definition) is 9. The first-order valence-corrected chi connectivity index (χ1v) is 11.0. The van der Waals surface area contributed by atoms with E-state index >= 15 is 0 Å². The second kappa shape index (κ2) is 8.88. The van der Waals surface area contributed by atoms with E-state index in [2.05, 4.69) is 16.4 Å². The van der Waals surface area contributed by atoms with Gasteiger partial charge in [-0.3, -0.25) is 0 Å². The SMILES string of the molecule is Cc1cc(O[C@@H]2O[C@H](CO)[C@@H](O)[C@H](O)[C@H]2O)c2c(c1)nnn2CCc1ccc2c(c1)CCO2. The molecule has 1 saturated heterocycles. The second-order valence-corrected chi connectivity index (χ2v) is 8.55. The smallest absolute Gasteiger partial charge is 0.229 e. The molecule has 0 radical (unpaired) electrons. The fourth-order valence-corrected chi connectivity index (χ4v) is 4.38. The van der Waals surface area contributed by atoms with E-state index in [1.54, 1.807) is 10.7 Å². The van der Waals surface area contributed by atoms with Gasteiger partial charge in [0.15, 0.2) is 5.75 Å². The zero-order valence-corrected chi connectivity index (χ0v) is 18.2. The van der Waals surface area contributed by atoms with E-state index < -0.39 is 37.3 Å². The van der Waals surface area contributed by atoms with E-state index in [4.69, 9.17) is 14.2 Å². The molecule has 4 N–H and O–H groups in total. The molecule has 1 aromatic heterocycles. The summed E-state index contributed by atoms with van der Waals surface area (Å²) in [7, 11) is 0. The van der Waals surface area contributed by atoms with Crippen molar-refractivity contribution in [1.29, 1.82) is 0 Å². The van der Waals surface area contributed by atoms with Crippen LogP contribution in [0.3, 0.4) is 0 Å². The van der Waals surface area contributed by atoms with E-state index in [1.165, 1.54) is 5.56 Å². The topological polar surface area (TPSA) is 139 Å². The fourth-order valence-electron chi connectivity index (χ4n) is 4.38. The van der Waals surface area contributed by atoms with Crippen LogP contribution in [-0.2, 0) is 24.1 Å². The van der Waals surface area contributed by atoms with Crippen LogP contribution in [0.2, 0.25) is 0 Å². The molecule has 0 unspecified atom stereocenters. The maximum atomic E-state index is 10.4. The molecule has 5 atom stereocenters. The first-order valence-electron chi connectivity index (χ1n) is 11.0. The number of aryl methyl sites for hydroxylation is 3. The quantitative estimate of drug-likeness (QED) is 0.406. The summed E-state index contributed by atoms with van der Waals surface area (Å²) in [6.45, 7) is 2.61. The number of aliphatic hydroxyl groups is 4. The van der Waals surface area contributed by atoms with Gasteiger partial charge in [0.05, 0.1) is 13.2 Å². The average molecular weight is 457 g/mol. The van der Waals surface area contributed by atoms with Crippen LogP contribution in [0, 0.1) is 6.92 Å². The summed E-state index contributed by atoms with van der Waals surface area (Å²) in [6.07, 6.45) is -5.19. The molecular formula is C23H27N3O7. The van der Waals surface area contributed by atoms with Gasteiger partial charge < -0.3 is 34.6 Å². The third-order valence-electron chi connectivity index (χ3n) is 6.18. The van der Waals surface area contributed by atoms with Gasteiger partial charge in [-0.1, -0.05) is 17.3 Å². The molecule has 3 heterocycles. The molecular weight excluding hydrogens is 430 g/mol. The monoisotopic (exact) mass is 457 g/mol. The number of rotatable bonds is 6. The minimum absolute atomic E-state index is 0.377. The minimum atomic E-state index is -1.52. The van der Waals surface area contributed by atoms with Gasteiger partial charge in [-0.05, 0) is 48.2 Å². The highest BCUT2D eigenvalue weighted by atomic mass is 16.7. The van der Waals surface area contributed by atoms with Crippen LogP contribution < -0.4 is 9.47 Å². The Labute approximate surface area is 189 Å². The average Bonchev–Trinajstić information content (AvgIpc) is 3.44. The van der Waals surface area contributed by atoms with Crippen molar-refractivity contribution in [1.82, 2.24) is 15.0 Å². The highest BCUT2D eigenvalue weighted by Gasteiger charge is 2.45. The van der Waals surface area contributed by atoms with E-state index in [9.17, 15) is 20.4 Å². The zero-order chi connectivity index (χ0) is 23.1. The molecule has 2 aliphatic rings. The van der Waals surface area contributed by atoms with Crippen molar-refractivity contribution in [3.63, 3.8) is 0 Å². The Morgan fingerprint density at radius 3 is 2.79 bits per heavy atom. The van der Waals surface area contributed by atoms with Gasteiger partial charge in [-0.2, -0.15) is 0 Å². The summed E-state index contributed by atoms with van der Waals surface area (Å²) in [5.41, 5.74) is 4.48. The van der Waals surface area contributed by atoms with Crippen LogP contribution in [0.15, 0.2) is 30.3 Å². The second-order valence-electron chi connectivity index (χ2n) is 8.55. The summed E-state index contributed by atoms with van der Waals surface area (Å²) in [5, 5.41) is 48.5. The highest BCUT2D eigenvalue weighted by Crippen LogP contribution is 2.31. The largest absolute Gasteiger partial charge is 0.493 e. The van der Waals surface area contributed by atoms with Gasteiger partial charge >= 0.3 is 0 Å². The maximum absolute atomic E-state index is 10.4. The number of hydrogen-bond donors (Lipinski definition) is 4. The number of aromatic nitrogens is 3. The minimum Gasteiger partial charge on any atom is -0.493 e. The molecule has 176 valence electrons. The lowest BCUT2D eigenvalue weighted by Crippen LogP contribution is -2.60. The summed E-state index contributed by atoms with van der Waals surface area (Å²) >= 11 is 0. The van der Waals surface area contributed by atoms with Gasteiger partial charge in [0.1, 0.15) is 41.2 Å². The van der Waals surface area contributed by atoms with Gasteiger partial charge in [0.2, 0.25) is 6.29 Å². The molecule has 1 fully saturated rings. The van der Waals surface area contributed by atoms with Crippen LogP contribution >= 0.6 is 0 Å². The van der Waals surface area contributed by atoms with Crippen molar-refractivity contribution in [2.45, 2.75) is 57.0 Å². The lowest BCUT2D eigenvalue weighted by molar-refractivity contribution is -0.277. The lowest BCUT2D eigenvalue weighted by Gasteiger charge is -2.39. The molecule has 0 aliphatic carbocycles. The number of benzene rings is 2. The molecule has 0 spiro atoms. The van der Waals surface area contributed by atoms with Crippen molar-refractivity contribution < 1.29 is 34.6 Å². The third kappa shape index (κ3) is 4.16. The summed E-state index contributed by atoms with van der Waals surface area (Å²) in [4.78, 5) is 0. The molecule has 10 heteroatoms. The Morgan fingerprint density at radius 2 is 1.97 bits per heavy atom. The number of nitrogens with zero attached hydrogens (tertiary/aromatic N) is 3. The molecule has 33 heavy (non-hydrogen) atoms. The van der Waals surface area contributed by atoms with E-state index in [1.807, 2.05) is 25.1 Å². The number of ether oxygens (including phenoxy) is 3. The standard InChI is InChI=1S/C23H27N3O7/c1-12-8-15-19(17(9-12)32-23-22(30)21(29)20(28)18(11-27)33-23)26(25-24-15)6-4-13-2-3-16-14(10-13)5-7-31-16/h2-3,8-10,18,20-23,27-30H,4-7,11H2,1H3/t18-,20-,21+,22-,23-/m1/s1. The Balaban J connectivity index is 1.40. The van der Waals surface area contributed by atoms with E-state index in [0.717, 1.165) is 29.7 Å². The fraction of sp³-hybridized carbons (Fsp3) is 0.478. The Morgan fingerprint density at radius 1 is 1.12 bits per heavy atom. The van der Waals surface area contributed by atoms with Gasteiger partial charge in [0, 0.05) is 13.0 Å². The van der Waals surface area contributed by atoms with Crippen molar-refractivity contribution in [2.75, 3.05) is 13.2 Å². The molecule has 3 aromatic rings. The van der Waals surface area contributed by atoms with Crippen LogP contribution in [0.1, 0.15) is 16.7 Å². The molecule has 0 bridgehead atoms. The van der Waals surface area contributed by atoms with Crippen LogP contribution in [0.5, 0.6) is 11.5 Å². The Bertz CT molecular complexity index is 1150. The first-order chi connectivity index (χ1) is 15.9. The molecule has 10 nitrogen and oxygen atoms in total. The van der Waals surface area contributed by atoms with Crippen LogP contribution in [0.25, 0.3) is 11.0 Å². The van der Waals surface area contributed by atoms with Crippen molar-refractivity contribution >= 4 is 11.0 Å². The molecule has 0 amide bonds. The molecule has 5 rings (SSSR count). The first kappa shape index (κ1) is 22.1. The van der Waals surface area contributed by atoms with Crippen LogP contribution in [-0.4, -0.2) is 79.3 Å². The highest BCUT2D eigenvalue weighted by molar-refractivity contribution is 5.82. The summed E-state index contributed by atoms with van der Waals surface area (Å²) in [5.74, 6) is 1.32. The third-order valence-corrected chi connectivity index (χ3v) is 6.18.